The summed E-state index contributed by atoms with van der Waals surface area (Å²) in [6, 6.07) is 0.742. The highest BCUT2D eigenvalue weighted by Gasteiger charge is 2.33. The van der Waals surface area contributed by atoms with Gasteiger partial charge in [0.25, 0.3) is 0 Å². The van der Waals surface area contributed by atoms with E-state index >= 15 is 0 Å². The van der Waals surface area contributed by atoms with E-state index in [0.29, 0.717) is 6.10 Å². The number of morpholine rings is 1. The number of ether oxygens (including phenoxy) is 1. The Morgan fingerprint density at radius 3 is 3.00 bits per heavy atom. The molecule has 3 unspecified atom stereocenters. The van der Waals surface area contributed by atoms with Crippen LogP contribution in [0.5, 0.6) is 0 Å². The van der Waals surface area contributed by atoms with Crippen LogP contribution in [0.1, 0.15) is 26.2 Å². The Labute approximate surface area is 86.6 Å². The van der Waals surface area contributed by atoms with Crippen LogP contribution in [0.3, 0.4) is 0 Å². The topological polar surface area (TPSA) is 38.5 Å². The van der Waals surface area contributed by atoms with Crippen molar-refractivity contribution in [3.05, 3.63) is 0 Å². The summed E-state index contributed by atoms with van der Waals surface area (Å²) in [7, 11) is 0. The van der Waals surface area contributed by atoms with Gasteiger partial charge in [0.15, 0.2) is 0 Å². The van der Waals surface area contributed by atoms with Gasteiger partial charge in [0.2, 0.25) is 0 Å². The Hall–Kier alpha value is -0.120. The van der Waals surface area contributed by atoms with Crippen LogP contribution in [0, 0.1) is 5.92 Å². The molecule has 0 spiro atoms. The third kappa shape index (κ3) is 2.10. The highest BCUT2D eigenvalue weighted by Crippen LogP contribution is 2.30. The van der Waals surface area contributed by atoms with E-state index in [1.807, 2.05) is 0 Å². The van der Waals surface area contributed by atoms with Gasteiger partial charge in [0, 0.05) is 19.1 Å². The summed E-state index contributed by atoms with van der Waals surface area (Å²) < 4.78 is 5.56. The van der Waals surface area contributed by atoms with Crippen molar-refractivity contribution < 1.29 is 4.74 Å². The Bertz CT molecular complexity index is 186. The fraction of sp³-hybridized carbons (Fsp3) is 1.00. The molecule has 1 aliphatic carbocycles. The van der Waals surface area contributed by atoms with Crippen LogP contribution in [0.15, 0.2) is 0 Å². The smallest absolute Gasteiger partial charge is 0.0674 e. The van der Waals surface area contributed by atoms with E-state index in [4.69, 9.17) is 10.5 Å². The summed E-state index contributed by atoms with van der Waals surface area (Å²) in [5.74, 6) is 0.736. The largest absolute Gasteiger partial charge is 0.376 e. The van der Waals surface area contributed by atoms with Crippen molar-refractivity contribution in [2.24, 2.45) is 11.7 Å². The van der Waals surface area contributed by atoms with Crippen LogP contribution >= 0.6 is 0 Å². The lowest BCUT2D eigenvalue weighted by Gasteiger charge is -2.38. The molecule has 0 bridgehead atoms. The molecular formula is C11H22N2O. The van der Waals surface area contributed by atoms with Crippen LogP contribution in [0.25, 0.3) is 0 Å². The van der Waals surface area contributed by atoms with Crippen LogP contribution < -0.4 is 5.73 Å². The molecule has 0 aromatic heterocycles. The molecule has 2 rings (SSSR count). The number of rotatable bonds is 2. The highest BCUT2D eigenvalue weighted by molar-refractivity contribution is 4.87. The van der Waals surface area contributed by atoms with Crippen LogP contribution in [-0.4, -0.2) is 43.3 Å². The van der Waals surface area contributed by atoms with Crippen molar-refractivity contribution in [1.29, 1.82) is 0 Å². The minimum Gasteiger partial charge on any atom is -0.376 e. The predicted octanol–water partition coefficient (Wildman–Crippen LogP) is 0.834. The molecule has 0 amide bonds. The second-order valence-electron chi connectivity index (χ2n) is 4.67. The first-order valence-electron chi connectivity index (χ1n) is 5.87. The maximum atomic E-state index is 5.81. The number of nitrogens with zero attached hydrogens (tertiary/aromatic N) is 1. The quantitative estimate of drug-likeness (QED) is 0.714. The average molecular weight is 198 g/mol. The van der Waals surface area contributed by atoms with Gasteiger partial charge in [-0.3, -0.25) is 4.90 Å². The molecular weight excluding hydrogens is 176 g/mol. The van der Waals surface area contributed by atoms with Crippen LogP contribution in [0.2, 0.25) is 0 Å². The molecule has 1 saturated carbocycles. The zero-order chi connectivity index (χ0) is 9.97. The Morgan fingerprint density at radius 1 is 1.43 bits per heavy atom. The summed E-state index contributed by atoms with van der Waals surface area (Å²) in [6.45, 7) is 6.12. The fourth-order valence-electron chi connectivity index (χ4n) is 2.92. The van der Waals surface area contributed by atoms with Gasteiger partial charge < -0.3 is 10.5 Å². The van der Waals surface area contributed by atoms with E-state index in [1.54, 1.807) is 0 Å². The monoisotopic (exact) mass is 198 g/mol. The normalized spacial score (nSPS) is 40.3. The second-order valence-corrected chi connectivity index (χ2v) is 4.67. The number of hydrogen-bond donors (Lipinski definition) is 1. The lowest BCUT2D eigenvalue weighted by atomic mass is 10.0. The highest BCUT2D eigenvalue weighted by atomic mass is 16.5. The van der Waals surface area contributed by atoms with E-state index in [-0.39, 0.29) is 0 Å². The molecule has 82 valence electrons. The van der Waals surface area contributed by atoms with E-state index in [1.165, 1.54) is 19.3 Å². The first-order chi connectivity index (χ1) is 6.81. The molecule has 0 aromatic carbocycles. The summed E-state index contributed by atoms with van der Waals surface area (Å²) in [4.78, 5) is 2.60. The lowest BCUT2D eigenvalue weighted by molar-refractivity contribution is -0.0391. The standard InChI is InChI=1S/C11H22N2O/c1-9-8-13(5-6-14-9)11-4-2-3-10(11)7-12/h9-11H,2-8,12H2,1H3. The van der Waals surface area contributed by atoms with E-state index in [0.717, 1.165) is 38.2 Å². The Morgan fingerprint density at radius 2 is 2.29 bits per heavy atom. The van der Waals surface area contributed by atoms with E-state index in [2.05, 4.69) is 11.8 Å². The van der Waals surface area contributed by atoms with Gasteiger partial charge in [-0.05, 0) is 32.2 Å². The van der Waals surface area contributed by atoms with Gasteiger partial charge in [0.05, 0.1) is 12.7 Å². The van der Waals surface area contributed by atoms with Gasteiger partial charge in [-0.2, -0.15) is 0 Å². The lowest BCUT2D eigenvalue weighted by Crippen LogP contribution is -2.49. The van der Waals surface area contributed by atoms with E-state index < -0.39 is 0 Å². The van der Waals surface area contributed by atoms with Gasteiger partial charge >= 0.3 is 0 Å². The molecule has 1 heterocycles. The van der Waals surface area contributed by atoms with Crippen LogP contribution in [0.4, 0.5) is 0 Å². The summed E-state index contributed by atoms with van der Waals surface area (Å²) in [6.07, 6.45) is 4.43. The maximum Gasteiger partial charge on any atom is 0.0674 e. The first-order valence-corrected chi connectivity index (χ1v) is 5.87. The predicted molar refractivity (Wildman–Crippen MR) is 57.2 cm³/mol. The zero-order valence-corrected chi connectivity index (χ0v) is 9.11. The molecule has 14 heavy (non-hydrogen) atoms. The molecule has 2 N–H and O–H groups in total. The Kier molecular flexibility index (Phi) is 3.42. The first kappa shape index (κ1) is 10.4. The van der Waals surface area contributed by atoms with E-state index in [9.17, 15) is 0 Å². The van der Waals surface area contributed by atoms with Gasteiger partial charge in [-0.15, -0.1) is 0 Å². The molecule has 2 fully saturated rings. The number of nitrogens with two attached hydrogens (primary N) is 1. The molecule has 3 nitrogen and oxygen atoms in total. The second kappa shape index (κ2) is 4.60. The molecule has 3 atom stereocenters. The van der Waals surface area contributed by atoms with Crippen molar-refractivity contribution >= 4 is 0 Å². The summed E-state index contributed by atoms with van der Waals surface area (Å²) >= 11 is 0. The molecule has 1 saturated heterocycles. The molecule has 0 aromatic rings. The van der Waals surface area contributed by atoms with Crippen molar-refractivity contribution in [3.8, 4) is 0 Å². The maximum absolute atomic E-state index is 5.81. The third-order valence-corrected chi connectivity index (χ3v) is 3.66. The van der Waals surface area contributed by atoms with Gasteiger partial charge in [-0.25, -0.2) is 0 Å². The van der Waals surface area contributed by atoms with Crippen LogP contribution in [-0.2, 0) is 4.74 Å². The fourth-order valence-corrected chi connectivity index (χ4v) is 2.92. The average Bonchev–Trinajstić information content (AvgIpc) is 2.65. The van der Waals surface area contributed by atoms with Crippen molar-refractivity contribution in [3.63, 3.8) is 0 Å². The molecule has 2 aliphatic rings. The van der Waals surface area contributed by atoms with Gasteiger partial charge in [0.1, 0.15) is 0 Å². The third-order valence-electron chi connectivity index (χ3n) is 3.66. The van der Waals surface area contributed by atoms with Crippen molar-refractivity contribution in [1.82, 2.24) is 4.90 Å². The molecule has 3 heteroatoms. The summed E-state index contributed by atoms with van der Waals surface area (Å²) in [5.41, 5.74) is 5.81. The molecule has 1 aliphatic heterocycles. The minimum atomic E-state index is 0.405. The summed E-state index contributed by atoms with van der Waals surface area (Å²) in [5, 5.41) is 0. The van der Waals surface area contributed by atoms with Crippen molar-refractivity contribution in [2.45, 2.75) is 38.3 Å². The van der Waals surface area contributed by atoms with Crippen molar-refractivity contribution in [2.75, 3.05) is 26.2 Å². The zero-order valence-electron chi connectivity index (χ0n) is 9.11. The number of hydrogen-bond acceptors (Lipinski definition) is 3. The molecule has 0 radical (unpaired) electrons. The minimum absolute atomic E-state index is 0.405. The van der Waals surface area contributed by atoms with Gasteiger partial charge in [-0.1, -0.05) is 6.42 Å². The SMILES string of the molecule is CC1CN(C2CCCC2CN)CCO1. The Balaban J connectivity index is 1.92.